The third kappa shape index (κ3) is 4.04. The second-order valence-corrected chi connectivity index (χ2v) is 4.61. The van der Waals surface area contributed by atoms with Crippen molar-refractivity contribution in [1.29, 1.82) is 0 Å². The van der Waals surface area contributed by atoms with Crippen molar-refractivity contribution in [3.63, 3.8) is 0 Å². The molecule has 1 aliphatic rings. The van der Waals surface area contributed by atoms with E-state index in [2.05, 4.69) is 10.1 Å². The molecule has 0 saturated carbocycles. The molecule has 110 valence electrons. The van der Waals surface area contributed by atoms with E-state index in [1.807, 2.05) is 6.08 Å². The number of nitrogens with one attached hydrogen (secondary N) is 1. The maximum Gasteiger partial charge on any atom is 0.573 e. The molecule has 3 N–H and O–H groups in total. The summed E-state index contributed by atoms with van der Waals surface area (Å²) >= 11 is 0. The lowest BCUT2D eigenvalue weighted by atomic mass is 10.0. The standard InChI is InChI=1S/C13H14F4N2O/c14-10-4-3-8(5-11(10)20-13(15,16)17)1-2-9-6-12(18)19-7-9/h3-6,9,19H,1-2,7,18H2/t9-/m0/s1. The molecule has 0 saturated heterocycles. The van der Waals surface area contributed by atoms with Gasteiger partial charge in [-0.25, -0.2) is 4.39 Å². The summed E-state index contributed by atoms with van der Waals surface area (Å²) in [4.78, 5) is 0. The smallest absolute Gasteiger partial charge is 0.403 e. The number of halogens is 4. The molecule has 1 atom stereocenters. The van der Waals surface area contributed by atoms with E-state index in [0.29, 0.717) is 30.8 Å². The van der Waals surface area contributed by atoms with Crippen molar-refractivity contribution in [2.75, 3.05) is 6.54 Å². The molecule has 20 heavy (non-hydrogen) atoms. The molecule has 1 heterocycles. The lowest BCUT2D eigenvalue weighted by Gasteiger charge is -2.12. The molecular weight excluding hydrogens is 276 g/mol. The highest BCUT2D eigenvalue weighted by Gasteiger charge is 2.32. The average molecular weight is 290 g/mol. The van der Waals surface area contributed by atoms with Gasteiger partial charge in [-0.2, -0.15) is 0 Å². The number of rotatable bonds is 4. The lowest BCUT2D eigenvalue weighted by molar-refractivity contribution is -0.275. The number of alkyl halides is 3. The predicted molar refractivity (Wildman–Crippen MR) is 65.2 cm³/mol. The molecule has 0 radical (unpaired) electrons. The van der Waals surface area contributed by atoms with Gasteiger partial charge >= 0.3 is 6.36 Å². The van der Waals surface area contributed by atoms with Crippen molar-refractivity contribution in [3.05, 3.63) is 41.5 Å². The Kier molecular flexibility index (Phi) is 4.06. The fourth-order valence-electron chi connectivity index (χ4n) is 2.06. The van der Waals surface area contributed by atoms with E-state index in [1.165, 1.54) is 6.07 Å². The number of ether oxygens (including phenoxy) is 1. The fourth-order valence-corrected chi connectivity index (χ4v) is 2.06. The Morgan fingerprint density at radius 1 is 1.35 bits per heavy atom. The van der Waals surface area contributed by atoms with Gasteiger partial charge < -0.3 is 15.8 Å². The summed E-state index contributed by atoms with van der Waals surface area (Å²) in [5, 5.41) is 2.96. The highest BCUT2D eigenvalue weighted by Crippen LogP contribution is 2.27. The first-order valence-corrected chi connectivity index (χ1v) is 6.09. The van der Waals surface area contributed by atoms with Gasteiger partial charge in [0.25, 0.3) is 0 Å². The molecular formula is C13H14F4N2O. The predicted octanol–water partition coefficient (Wildman–Crippen LogP) is 2.68. The Bertz CT molecular complexity index is 514. The molecule has 0 amide bonds. The van der Waals surface area contributed by atoms with Gasteiger partial charge in [-0.15, -0.1) is 13.2 Å². The third-order valence-corrected chi connectivity index (χ3v) is 3.01. The van der Waals surface area contributed by atoms with Crippen molar-refractivity contribution >= 4 is 0 Å². The topological polar surface area (TPSA) is 47.3 Å². The van der Waals surface area contributed by atoms with Crippen LogP contribution in [-0.2, 0) is 6.42 Å². The zero-order chi connectivity index (χ0) is 14.8. The van der Waals surface area contributed by atoms with Crippen LogP contribution in [0.3, 0.4) is 0 Å². The number of aryl methyl sites for hydroxylation is 1. The van der Waals surface area contributed by atoms with Crippen molar-refractivity contribution in [3.8, 4) is 5.75 Å². The highest BCUT2D eigenvalue weighted by atomic mass is 19.4. The molecule has 3 nitrogen and oxygen atoms in total. The van der Waals surface area contributed by atoms with Crippen LogP contribution in [0.5, 0.6) is 5.75 Å². The van der Waals surface area contributed by atoms with Crippen LogP contribution in [-0.4, -0.2) is 12.9 Å². The molecule has 0 aromatic heterocycles. The summed E-state index contributed by atoms with van der Waals surface area (Å²) in [5.74, 6) is -0.991. The van der Waals surface area contributed by atoms with E-state index in [0.717, 1.165) is 12.1 Å². The molecule has 1 aliphatic heterocycles. The molecule has 0 aliphatic carbocycles. The Morgan fingerprint density at radius 2 is 2.10 bits per heavy atom. The minimum absolute atomic E-state index is 0.229. The van der Waals surface area contributed by atoms with Gasteiger partial charge in [0.05, 0.1) is 5.82 Å². The van der Waals surface area contributed by atoms with Crippen molar-refractivity contribution in [2.24, 2.45) is 11.7 Å². The maximum absolute atomic E-state index is 13.2. The van der Waals surface area contributed by atoms with Crippen LogP contribution in [0.15, 0.2) is 30.1 Å². The number of hydrogen-bond donors (Lipinski definition) is 2. The van der Waals surface area contributed by atoms with E-state index in [4.69, 9.17) is 5.73 Å². The summed E-state index contributed by atoms with van der Waals surface area (Å²) < 4.78 is 53.2. The molecule has 7 heteroatoms. The summed E-state index contributed by atoms with van der Waals surface area (Å²) in [6.07, 6.45) is -1.79. The Balaban J connectivity index is 2.00. The first kappa shape index (κ1) is 14.5. The largest absolute Gasteiger partial charge is 0.573 e. The zero-order valence-electron chi connectivity index (χ0n) is 10.5. The summed E-state index contributed by atoms with van der Waals surface area (Å²) in [5.41, 5.74) is 6.15. The Morgan fingerprint density at radius 3 is 2.70 bits per heavy atom. The lowest BCUT2D eigenvalue weighted by Crippen LogP contribution is -2.18. The van der Waals surface area contributed by atoms with Crippen LogP contribution in [0.1, 0.15) is 12.0 Å². The fraction of sp³-hybridized carbons (Fsp3) is 0.385. The van der Waals surface area contributed by atoms with E-state index in [9.17, 15) is 17.6 Å². The normalized spacial score (nSPS) is 18.6. The summed E-state index contributed by atoms with van der Waals surface area (Å²) in [6, 6.07) is 3.51. The van der Waals surface area contributed by atoms with Crippen molar-refractivity contribution < 1.29 is 22.3 Å². The van der Waals surface area contributed by atoms with Gasteiger partial charge in [0.1, 0.15) is 0 Å². The van der Waals surface area contributed by atoms with Crippen LogP contribution in [0.2, 0.25) is 0 Å². The van der Waals surface area contributed by atoms with Gasteiger partial charge in [0.2, 0.25) is 0 Å². The highest BCUT2D eigenvalue weighted by molar-refractivity contribution is 5.30. The van der Waals surface area contributed by atoms with Crippen molar-refractivity contribution in [2.45, 2.75) is 19.2 Å². The van der Waals surface area contributed by atoms with E-state index >= 15 is 0 Å². The molecule has 0 spiro atoms. The number of nitrogens with two attached hydrogens (primary N) is 1. The second-order valence-electron chi connectivity index (χ2n) is 4.61. The van der Waals surface area contributed by atoms with Gasteiger partial charge in [0, 0.05) is 6.54 Å². The summed E-state index contributed by atoms with van der Waals surface area (Å²) in [6.45, 7) is 0.707. The quantitative estimate of drug-likeness (QED) is 0.838. The number of benzene rings is 1. The molecule has 0 fully saturated rings. The second kappa shape index (κ2) is 5.60. The van der Waals surface area contributed by atoms with Crippen LogP contribution in [0.25, 0.3) is 0 Å². The van der Waals surface area contributed by atoms with Crippen LogP contribution in [0.4, 0.5) is 17.6 Å². The first-order valence-electron chi connectivity index (χ1n) is 6.09. The molecule has 0 bridgehead atoms. The Hall–Kier alpha value is -1.92. The average Bonchev–Trinajstić information content (AvgIpc) is 2.74. The van der Waals surface area contributed by atoms with E-state index in [1.54, 1.807) is 0 Å². The number of hydrogen-bond acceptors (Lipinski definition) is 3. The molecule has 1 aromatic carbocycles. The van der Waals surface area contributed by atoms with Crippen LogP contribution >= 0.6 is 0 Å². The SMILES string of the molecule is NC1=C[C@H](CCc2ccc(F)c(OC(F)(F)F)c2)CN1. The van der Waals surface area contributed by atoms with Crippen molar-refractivity contribution in [1.82, 2.24) is 5.32 Å². The summed E-state index contributed by atoms with van der Waals surface area (Å²) in [7, 11) is 0. The molecule has 1 aromatic rings. The molecule has 0 unspecified atom stereocenters. The van der Waals surface area contributed by atoms with Gasteiger partial charge in [0.15, 0.2) is 11.6 Å². The van der Waals surface area contributed by atoms with E-state index in [-0.39, 0.29) is 5.92 Å². The van der Waals surface area contributed by atoms with Crippen LogP contribution < -0.4 is 15.8 Å². The maximum atomic E-state index is 13.2. The third-order valence-electron chi connectivity index (χ3n) is 3.01. The minimum atomic E-state index is -4.90. The minimum Gasteiger partial charge on any atom is -0.403 e. The van der Waals surface area contributed by atoms with Gasteiger partial charge in [-0.3, -0.25) is 0 Å². The molecule has 2 rings (SSSR count). The van der Waals surface area contributed by atoms with Gasteiger partial charge in [-0.1, -0.05) is 6.07 Å². The zero-order valence-corrected chi connectivity index (χ0v) is 10.5. The van der Waals surface area contributed by atoms with Crippen LogP contribution in [0, 0.1) is 11.7 Å². The first-order chi connectivity index (χ1) is 9.33. The Labute approximate surface area is 113 Å². The van der Waals surface area contributed by atoms with E-state index < -0.39 is 17.9 Å². The van der Waals surface area contributed by atoms with Gasteiger partial charge in [-0.05, 0) is 42.5 Å². The monoisotopic (exact) mass is 290 g/mol.